The van der Waals surface area contributed by atoms with Crippen LogP contribution in [0.3, 0.4) is 0 Å². The van der Waals surface area contributed by atoms with Gasteiger partial charge >= 0.3 is 11.9 Å². The van der Waals surface area contributed by atoms with Crippen LogP contribution in [0.4, 0.5) is 13.2 Å². The molecular weight excluding hydrogens is 313 g/mol. The lowest BCUT2D eigenvalue weighted by Gasteiger charge is -2.15. The summed E-state index contributed by atoms with van der Waals surface area (Å²) in [6, 6.07) is 6.01. The van der Waals surface area contributed by atoms with E-state index in [4.69, 9.17) is 4.42 Å². The summed E-state index contributed by atoms with van der Waals surface area (Å²) in [6.45, 7) is 0. The highest BCUT2D eigenvalue weighted by Crippen LogP contribution is 2.34. The van der Waals surface area contributed by atoms with Crippen LogP contribution in [0.15, 0.2) is 45.9 Å². The number of oxazole rings is 1. The average molecular weight is 324 g/mol. The third-order valence-corrected chi connectivity index (χ3v) is 3.51. The number of alkyl halides is 3. The molecule has 3 rings (SSSR count). The molecule has 0 bridgehead atoms. The molecule has 1 aromatic carbocycles. The highest BCUT2D eigenvalue weighted by Gasteiger charge is 2.39. The predicted octanol–water partition coefficient (Wildman–Crippen LogP) is 2.79. The van der Waals surface area contributed by atoms with Gasteiger partial charge in [-0.15, -0.1) is 0 Å². The van der Waals surface area contributed by atoms with E-state index in [9.17, 15) is 23.1 Å². The first-order valence-corrected chi connectivity index (χ1v) is 6.57. The molecule has 8 heteroatoms. The Balaban J connectivity index is 2.07. The lowest BCUT2D eigenvalue weighted by atomic mass is 10.0. The summed E-state index contributed by atoms with van der Waals surface area (Å²) in [4.78, 5) is 15.2. The summed E-state index contributed by atoms with van der Waals surface area (Å²) in [5.74, 6) is -0.531. The minimum atomic E-state index is -4.77. The highest BCUT2D eigenvalue weighted by molar-refractivity contribution is 5.80. The van der Waals surface area contributed by atoms with Crippen molar-refractivity contribution in [2.45, 2.75) is 12.3 Å². The van der Waals surface area contributed by atoms with Crippen molar-refractivity contribution in [1.82, 2.24) is 9.55 Å². The zero-order chi connectivity index (χ0) is 16.8. The van der Waals surface area contributed by atoms with Crippen molar-refractivity contribution >= 4 is 11.1 Å². The summed E-state index contributed by atoms with van der Waals surface area (Å²) >= 11 is 0. The Hall–Kier alpha value is -2.61. The van der Waals surface area contributed by atoms with E-state index in [1.54, 1.807) is 19.2 Å². The number of aliphatic hydroxyl groups is 1. The fraction of sp³-hybridized carbons (Fsp3) is 0.200. The second-order valence-electron chi connectivity index (χ2n) is 5.06. The Bertz CT molecular complexity index is 928. The molecule has 0 saturated carbocycles. The number of aromatic nitrogens is 2. The van der Waals surface area contributed by atoms with E-state index in [-0.39, 0.29) is 5.56 Å². The van der Waals surface area contributed by atoms with Gasteiger partial charge in [0.2, 0.25) is 0 Å². The van der Waals surface area contributed by atoms with Crippen LogP contribution in [-0.2, 0) is 7.05 Å². The van der Waals surface area contributed by atoms with Crippen LogP contribution in [0.1, 0.15) is 11.7 Å². The molecule has 0 fully saturated rings. The van der Waals surface area contributed by atoms with Crippen LogP contribution in [0.2, 0.25) is 0 Å². The average Bonchev–Trinajstić information content (AvgIpc) is 2.80. The van der Waals surface area contributed by atoms with Crippen LogP contribution in [0, 0.1) is 0 Å². The van der Waals surface area contributed by atoms with Gasteiger partial charge in [0, 0.05) is 30.6 Å². The molecule has 0 saturated heterocycles. The summed E-state index contributed by atoms with van der Waals surface area (Å²) in [5.41, 5.74) is 1.43. The molecule has 2 aromatic heterocycles. The van der Waals surface area contributed by atoms with Crippen LogP contribution in [0.25, 0.3) is 22.2 Å². The first-order chi connectivity index (χ1) is 10.8. The molecule has 5 nitrogen and oxygen atoms in total. The molecule has 0 aliphatic heterocycles. The van der Waals surface area contributed by atoms with Gasteiger partial charge in [0.15, 0.2) is 11.7 Å². The molecule has 23 heavy (non-hydrogen) atoms. The molecule has 0 spiro atoms. The molecule has 120 valence electrons. The molecule has 1 atom stereocenters. The van der Waals surface area contributed by atoms with Gasteiger partial charge in [-0.1, -0.05) is 6.07 Å². The van der Waals surface area contributed by atoms with Gasteiger partial charge in [-0.25, -0.2) is 4.79 Å². The SMILES string of the molecule is Cn1c(=O)oc2cc(-c3cncc(C(O)C(F)(F)F)c3)ccc21. The maximum Gasteiger partial charge on any atom is 0.419 e. The zero-order valence-corrected chi connectivity index (χ0v) is 11.8. The van der Waals surface area contributed by atoms with Crippen LogP contribution >= 0.6 is 0 Å². The van der Waals surface area contributed by atoms with Gasteiger partial charge in [0.05, 0.1) is 5.52 Å². The normalized spacial score (nSPS) is 13.4. The Morgan fingerprint density at radius 2 is 1.96 bits per heavy atom. The fourth-order valence-electron chi connectivity index (χ4n) is 2.27. The van der Waals surface area contributed by atoms with Crippen molar-refractivity contribution < 1.29 is 22.7 Å². The van der Waals surface area contributed by atoms with E-state index < -0.39 is 18.0 Å². The number of pyridine rings is 1. The van der Waals surface area contributed by atoms with Crippen LogP contribution in [-0.4, -0.2) is 20.8 Å². The highest BCUT2D eigenvalue weighted by atomic mass is 19.4. The number of nitrogens with zero attached hydrogens (tertiary/aromatic N) is 2. The standard InChI is InChI=1S/C15H11F3N2O3/c1-20-11-3-2-8(5-12(11)23-14(20)22)9-4-10(7-19-6-9)13(21)15(16,17)18/h2-7,13,21H,1H3. The molecular formula is C15H11F3N2O3. The third kappa shape index (κ3) is 2.72. The minimum absolute atomic E-state index is 0.316. The summed E-state index contributed by atoms with van der Waals surface area (Å²) < 4.78 is 44.2. The molecule has 0 aliphatic rings. The van der Waals surface area contributed by atoms with Crippen molar-refractivity contribution in [2.24, 2.45) is 7.05 Å². The number of hydrogen-bond donors (Lipinski definition) is 1. The zero-order valence-electron chi connectivity index (χ0n) is 11.8. The van der Waals surface area contributed by atoms with Crippen molar-refractivity contribution in [2.75, 3.05) is 0 Å². The van der Waals surface area contributed by atoms with E-state index >= 15 is 0 Å². The molecule has 1 N–H and O–H groups in total. The lowest BCUT2D eigenvalue weighted by molar-refractivity contribution is -0.206. The van der Waals surface area contributed by atoms with Crippen molar-refractivity contribution in [1.29, 1.82) is 0 Å². The first-order valence-electron chi connectivity index (χ1n) is 6.57. The number of halogens is 3. The van der Waals surface area contributed by atoms with E-state index in [0.717, 1.165) is 6.20 Å². The number of fused-ring (bicyclic) bond motifs is 1. The third-order valence-electron chi connectivity index (χ3n) is 3.51. The molecule has 0 radical (unpaired) electrons. The van der Waals surface area contributed by atoms with Gasteiger partial charge in [-0.2, -0.15) is 13.2 Å². The Morgan fingerprint density at radius 1 is 1.22 bits per heavy atom. The largest absolute Gasteiger partial charge is 0.419 e. The van der Waals surface area contributed by atoms with Crippen molar-refractivity contribution in [3.8, 4) is 11.1 Å². The van der Waals surface area contributed by atoms with Gasteiger partial charge < -0.3 is 9.52 Å². The van der Waals surface area contributed by atoms with Crippen molar-refractivity contribution in [3.05, 3.63) is 52.8 Å². The summed E-state index contributed by atoms with van der Waals surface area (Å²) in [7, 11) is 1.55. The maximum atomic E-state index is 12.6. The lowest BCUT2D eigenvalue weighted by Crippen LogP contribution is -2.20. The van der Waals surface area contributed by atoms with Gasteiger partial charge in [0.25, 0.3) is 0 Å². The number of aryl methyl sites for hydroxylation is 1. The Kier molecular flexibility index (Phi) is 3.48. The molecule has 2 heterocycles. The van der Waals surface area contributed by atoms with Gasteiger partial charge in [-0.3, -0.25) is 9.55 Å². The van der Waals surface area contributed by atoms with Crippen LogP contribution < -0.4 is 5.76 Å². The fourth-order valence-corrected chi connectivity index (χ4v) is 2.27. The summed E-state index contributed by atoms with van der Waals surface area (Å²) in [5, 5.41) is 9.31. The van der Waals surface area contributed by atoms with E-state index in [1.807, 2.05) is 0 Å². The number of benzene rings is 1. The van der Waals surface area contributed by atoms with E-state index in [0.29, 0.717) is 22.2 Å². The molecule has 0 aliphatic carbocycles. The summed E-state index contributed by atoms with van der Waals surface area (Å²) in [6.07, 6.45) is -5.04. The molecule has 1 unspecified atom stereocenters. The quantitative estimate of drug-likeness (QED) is 0.787. The number of hydrogen-bond acceptors (Lipinski definition) is 4. The first kappa shape index (κ1) is 15.3. The number of aliphatic hydroxyl groups excluding tert-OH is 1. The monoisotopic (exact) mass is 324 g/mol. The number of rotatable bonds is 2. The van der Waals surface area contributed by atoms with E-state index in [2.05, 4.69) is 4.98 Å². The molecule has 0 amide bonds. The van der Waals surface area contributed by atoms with Gasteiger partial charge in [-0.05, 0) is 23.8 Å². The minimum Gasteiger partial charge on any atom is -0.408 e. The second kappa shape index (κ2) is 5.24. The topological polar surface area (TPSA) is 68.3 Å². The maximum absolute atomic E-state index is 12.6. The predicted molar refractivity (Wildman–Crippen MR) is 75.7 cm³/mol. The molecule has 3 aromatic rings. The van der Waals surface area contributed by atoms with Gasteiger partial charge in [0.1, 0.15) is 0 Å². The van der Waals surface area contributed by atoms with Crippen LogP contribution in [0.5, 0.6) is 0 Å². The Labute approximate surface area is 127 Å². The second-order valence-corrected chi connectivity index (χ2v) is 5.06. The van der Waals surface area contributed by atoms with Crippen molar-refractivity contribution in [3.63, 3.8) is 0 Å². The Morgan fingerprint density at radius 3 is 2.65 bits per heavy atom. The van der Waals surface area contributed by atoms with E-state index in [1.165, 1.54) is 22.9 Å². The smallest absolute Gasteiger partial charge is 0.408 e.